The molecule has 86 valence electrons. The summed E-state index contributed by atoms with van der Waals surface area (Å²) in [5.74, 6) is 0.229. The van der Waals surface area contributed by atoms with Crippen molar-refractivity contribution in [1.29, 1.82) is 0 Å². The Bertz CT molecular complexity index is 260. The monoisotopic (exact) mass is 211 g/mol. The molecule has 15 heavy (non-hydrogen) atoms. The van der Waals surface area contributed by atoms with Gasteiger partial charge in [0, 0.05) is 18.4 Å². The van der Waals surface area contributed by atoms with Crippen molar-refractivity contribution in [1.82, 2.24) is 4.90 Å². The van der Waals surface area contributed by atoms with E-state index >= 15 is 0 Å². The molecule has 0 spiro atoms. The maximum atomic E-state index is 12.0. The summed E-state index contributed by atoms with van der Waals surface area (Å²) >= 11 is 0. The van der Waals surface area contributed by atoms with Gasteiger partial charge >= 0.3 is 0 Å². The zero-order valence-electron chi connectivity index (χ0n) is 10.1. The van der Waals surface area contributed by atoms with E-state index in [4.69, 9.17) is 0 Å². The SMILES string of the molecule is CCCC(C)N1C(=O)CC(C(C)C)C1=O. The molecule has 1 rings (SSSR count). The Balaban J connectivity index is 2.74. The summed E-state index contributed by atoms with van der Waals surface area (Å²) in [7, 11) is 0. The predicted octanol–water partition coefficient (Wildman–Crippen LogP) is 2.21. The second-order valence-corrected chi connectivity index (χ2v) is 4.79. The molecule has 0 bridgehead atoms. The highest BCUT2D eigenvalue weighted by Gasteiger charge is 2.41. The van der Waals surface area contributed by atoms with E-state index in [1.165, 1.54) is 4.90 Å². The van der Waals surface area contributed by atoms with E-state index in [-0.39, 0.29) is 29.7 Å². The number of imide groups is 1. The molecule has 1 heterocycles. The van der Waals surface area contributed by atoms with Crippen molar-refractivity contribution in [2.45, 2.75) is 53.0 Å². The molecule has 1 fully saturated rings. The quantitative estimate of drug-likeness (QED) is 0.668. The summed E-state index contributed by atoms with van der Waals surface area (Å²) in [5.41, 5.74) is 0. The van der Waals surface area contributed by atoms with Crippen molar-refractivity contribution in [3.8, 4) is 0 Å². The van der Waals surface area contributed by atoms with Gasteiger partial charge in [0.25, 0.3) is 0 Å². The Morgan fingerprint density at radius 3 is 2.33 bits per heavy atom. The van der Waals surface area contributed by atoms with Crippen molar-refractivity contribution in [3.05, 3.63) is 0 Å². The van der Waals surface area contributed by atoms with E-state index in [0.717, 1.165) is 12.8 Å². The van der Waals surface area contributed by atoms with Gasteiger partial charge in [-0.3, -0.25) is 14.5 Å². The van der Waals surface area contributed by atoms with Crippen molar-refractivity contribution in [2.24, 2.45) is 11.8 Å². The number of amides is 2. The van der Waals surface area contributed by atoms with E-state index in [2.05, 4.69) is 6.92 Å². The summed E-state index contributed by atoms with van der Waals surface area (Å²) in [5, 5.41) is 0. The largest absolute Gasteiger partial charge is 0.280 e. The average molecular weight is 211 g/mol. The smallest absolute Gasteiger partial charge is 0.233 e. The lowest BCUT2D eigenvalue weighted by Gasteiger charge is -2.23. The van der Waals surface area contributed by atoms with Gasteiger partial charge in [0.15, 0.2) is 0 Å². The molecule has 0 aromatic rings. The normalized spacial score (nSPS) is 24.1. The summed E-state index contributed by atoms with van der Waals surface area (Å²) < 4.78 is 0. The zero-order valence-corrected chi connectivity index (χ0v) is 10.1. The lowest BCUT2D eigenvalue weighted by Crippen LogP contribution is -2.39. The number of carbonyl (C=O) groups is 2. The number of rotatable bonds is 4. The minimum atomic E-state index is -0.0863. The van der Waals surface area contributed by atoms with Crippen LogP contribution in [-0.4, -0.2) is 22.8 Å². The third kappa shape index (κ3) is 2.39. The molecular formula is C12H21NO2. The first-order chi connectivity index (χ1) is 6.99. The van der Waals surface area contributed by atoms with E-state index in [9.17, 15) is 9.59 Å². The highest BCUT2D eigenvalue weighted by atomic mass is 16.2. The molecule has 2 unspecified atom stereocenters. The Morgan fingerprint density at radius 2 is 1.93 bits per heavy atom. The van der Waals surface area contributed by atoms with Gasteiger partial charge < -0.3 is 0 Å². The Kier molecular flexibility index (Phi) is 3.89. The first kappa shape index (κ1) is 12.2. The Morgan fingerprint density at radius 1 is 1.33 bits per heavy atom. The number of nitrogens with zero attached hydrogens (tertiary/aromatic N) is 1. The van der Waals surface area contributed by atoms with Gasteiger partial charge in [0.1, 0.15) is 0 Å². The van der Waals surface area contributed by atoms with Crippen LogP contribution in [0.5, 0.6) is 0 Å². The third-order valence-corrected chi connectivity index (χ3v) is 3.17. The van der Waals surface area contributed by atoms with Crippen molar-refractivity contribution in [3.63, 3.8) is 0 Å². The molecule has 1 aliphatic heterocycles. The number of likely N-dealkylation sites (tertiary alicyclic amines) is 1. The molecule has 1 saturated heterocycles. The van der Waals surface area contributed by atoms with Crippen LogP contribution in [0, 0.1) is 11.8 Å². The van der Waals surface area contributed by atoms with Crippen LogP contribution >= 0.6 is 0 Å². The van der Waals surface area contributed by atoms with Crippen LogP contribution in [0.15, 0.2) is 0 Å². The minimum Gasteiger partial charge on any atom is -0.280 e. The highest BCUT2D eigenvalue weighted by Crippen LogP contribution is 2.28. The molecule has 0 aromatic heterocycles. The van der Waals surface area contributed by atoms with Crippen LogP contribution in [0.2, 0.25) is 0 Å². The Labute approximate surface area is 91.8 Å². The standard InChI is InChI=1S/C12H21NO2/c1-5-6-9(4)13-11(14)7-10(8(2)3)12(13)15/h8-10H,5-7H2,1-4H3. The molecule has 1 aliphatic rings. The lowest BCUT2D eigenvalue weighted by atomic mass is 9.94. The van der Waals surface area contributed by atoms with Crippen molar-refractivity contribution >= 4 is 11.8 Å². The van der Waals surface area contributed by atoms with Crippen LogP contribution in [0.25, 0.3) is 0 Å². The first-order valence-corrected chi connectivity index (χ1v) is 5.84. The summed E-state index contributed by atoms with van der Waals surface area (Å²) in [4.78, 5) is 25.2. The number of carbonyl (C=O) groups excluding carboxylic acids is 2. The molecule has 3 nitrogen and oxygen atoms in total. The maximum Gasteiger partial charge on any atom is 0.233 e. The van der Waals surface area contributed by atoms with Crippen molar-refractivity contribution in [2.75, 3.05) is 0 Å². The van der Waals surface area contributed by atoms with E-state index in [1.807, 2.05) is 20.8 Å². The lowest BCUT2D eigenvalue weighted by molar-refractivity contribution is -0.142. The van der Waals surface area contributed by atoms with Crippen LogP contribution in [-0.2, 0) is 9.59 Å². The summed E-state index contributed by atoms with van der Waals surface area (Å²) in [6.07, 6.45) is 2.32. The fourth-order valence-corrected chi connectivity index (χ4v) is 2.21. The molecule has 2 atom stereocenters. The molecular weight excluding hydrogens is 190 g/mol. The zero-order chi connectivity index (χ0) is 11.6. The van der Waals surface area contributed by atoms with Crippen LogP contribution in [0.1, 0.15) is 47.0 Å². The third-order valence-electron chi connectivity index (χ3n) is 3.17. The van der Waals surface area contributed by atoms with Gasteiger partial charge in [-0.2, -0.15) is 0 Å². The van der Waals surface area contributed by atoms with E-state index < -0.39 is 0 Å². The number of hydrogen-bond donors (Lipinski definition) is 0. The van der Waals surface area contributed by atoms with E-state index in [1.54, 1.807) is 0 Å². The van der Waals surface area contributed by atoms with E-state index in [0.29, 0.717) is 6.42 Å². The highest BCUT2D eigenvalue weighted by molar-refractivity contribution is 6.03. The topological polar surface area (TPSA) is 37.4 Å². The minimum absolute atomic E-state index is 0.0136. The second-order valence-electron chi connectivity index (χ2n) is 4.79. The fraction of sp³-hybridized carbons (Fsp3) is 0.833. The van der Waals surface area contributed by atoms with Gasteiger partial charge in [-0.25, -0.2) is 0 Å². The fourth-order valence-electron chi connectivity index (χ4n) is 2.21. The summed E-state index contributed by atoms with van der Waals surface area (Å²) in [6, 6.07) is 0.0683. The van der Waals surface area contributed by atoms with Crippen molar-refractivity contribution < 1.29 is 9.59 Å². The summed E-state index contributed by atoms with van der Waals surface area (Å²) in [6.45, 7) is 8.04. The molecule has 0 saturated carbocycles. The second kappa shape index (κ2) is 4.77. The van der Waals surface area contributed by atoms with Gasteiger partial charge in [0.05, 0.1) is 0 Å². The Hall–Kier alpha value is -0.860. The van der Waals surface area contributed by atoms with Gasteiger partial charge in [-0.15, -0.1) is 0 Å². The van der Waals surface area contributed by atoms with Crippen LogP contribution < -0.4 is 0 Å². The van der Waals surface area contributed by atoms with Crippen LogP contribution in [0.3, 0.4) is 0 Å². The van der Waals surface area contributed by atoms with Gasteiger partial charge in [0.2, 0.25) is 11.8 Å². The molecule has 0 radical (unpaired) electrons. The molecule has 0 aromatic carbocycles. The van der Waals surface area contributed by atoms with Gasteiger partial charge in [-0.1, -0.05) is 27.2 Å². The average Bonchev–Trinajstić information content (AvgIpc) is 2.42. The molecule has 0 N–H and O–H groups in total. The molecule has 3 heteroatoms. The van der Waals surface area contributed by atoms with Crippen LogP contribution in [0.4, 0.5) is 0 Å². The van der Waals surface area contributed by atoms with Gasteiger partial charge in [-0.05, 0) is 19.3 Å². The maximum absolute atomic E-state index is 12.0. The molecule has 2 amide bonds. The molecule has 0 aliphatic carbocycles. The first-order valence-electron chi connectivity index (χ1n) is 5.84. The predicted molar refractivity (Wildman–Crippen MR) is 59.2 cm³/mol. The number of hydrogen-bond acceptors (Lipinski definition) is 2.